The first-order valence-corrected chi connectivity index (χ1v) is 11.1. The van der Waals surface area contributed by atoms with E-state index in [1.54, 1.807) is 6.92 Å². The number of Topliss-reactive ketones (excluding diaryl/α,β-unsaturated/α-hetero) is 1. The minimum absolute atomic E-state index is 0.0122. The van der Waals surface area contributed by atoms with Crippen LogP contribution < -0.4 is 0 Å². The molecule has 1 N–H and O–H groups in total. The number of ketones is 1. The Kier molecular flexibility index (Phi) is 4.88. The Morgan fingerprint density at radius 3 is 2.45 bits per heavy atom. The topological polar surface area (TPSA) is 89.9 Å². The molecule has 0 aromatic carbocycles. The molecule has 6 heteroatoms. The van der Waals surface area contributed by atoms with Gasteiger partial charge < -0.3 is 14.6 Å². The zero-order chi connectivity index (χ0) is 21.2. The first kappa shape index (κ1) is 20.8. The number of hydrogen-bond acceptors (Lipinski definition) is 6. The Labute approximate surface area is 172 Å². The van der Waals surface area contributed by atoms with Gasteiger partial charge in [-0.25, -0.2) is 0 Å². The molecule has 0 amide bonds. The fourth-order valence-corrected chi connectivity index (χ4v) is 7.77. The normalized spacial score (nSPS) is 48.9. The molecular weight excluding hydrogens is 372 g/mol. The largest absolute Gasteiger partial charge is 0.469 e. The van der Waals surface area contributed by atoms with Crippen molar-refractivity contribution in [1.29, 1.82) is 0 Å². The molecular formula is C23H34O6. The van der Waals surface area contributed by atoms with Gasteiger partial charge in [-0.05, 0) is 75.0 Å². The summed E-state index contributed by atoms with van der Waals surface area (Å²) in [6, 6.07) is 0. The number of rotatable bonds is 2. The molecule has 0 aromatic rings. The summed E-state index contributed by atoms with van der Waals surface area (Å²) in [6.45, 7) is 5.52. The molecule has 0 aromatic heterocycles. The lowest BCUT2D eigenvalue weighted by Gasteiger charge is -2.62. The predicted octanol–water partition coefficient (Wildman–Crippen LogP) is 3.04. The summed E-state index contributed by atoms with van der Waals surface area (Å²) in [5, 5.41) is 11.9. The van der Waals surface area contributed by atoms with Crippen LogP contribution in [0.5, 0.6) is 0 Å². The van der Waals surface area contributed by atoms with Crippen molar-refractivity contribution in [3.63, 3.8) is 0 Å². The van der Waals surface area contributed by atoms with Gasteiger partial charge in [0.25, 0.3) is 0 Å². The fourth-order valence-electron chi connectivity index (χ4n) is 7.77. The van der Waals surface area contributed by atoms with Crippen LogP contribution in [0.25, 0.3) is 0 Å². The zero-order valence-electron chi connectivity index (χ0n) is 18.0. The average molecular weight is 407 g/mol. The Hall–Kier alpha value is -1.43. The van der Waals surface area contributed by atoms with E-state index in [9.17, 15) is 19.5 Å². The SMILES string of the molecule is COC(=O)C1CCC2(O)C3CCC4CC(OC(C)=O)CCC4(C)C3CC(=O)C12C. The lowest BCUT2D eigenvalue weighted by molar-refractivity contribution is -0.210. The number of carbonyl (C=O) groups excluding carboxylic acids is 3. The number of ether oxygens (including phenoxy) is 2. The highest BCUT2D eigenvalue weighted by Gasteiger charge is 2.72. The Morgan fingerprint density at radius 1 is 1.07 bits per heavy atom. The molecule has 0 spiro atoms. The number of carbonyl (C=O) groups is 3. The van der Waals surface area contributed by atoms with Gasteiger partial charge in [0.15, 0.2) is 0 Å². The van der Waals surface area contributed by atoms with Gasteiger partial charge in [0.05, 0.1) is 24.0 Å². The standard InChI is InChI=1S/C23H34O6/c1-13(24)29-15-7-9-21(2)14(11-15)5-6-16-18(21)12-19(25)22(3)17(20(26)28-4)8-10-23(16,22)27/h14-18,27H,5-12H2,1-4H3. The molecule has 0 heterocycles. The minimum atomic E-state index is -1.15. The van der Waals surface area contributed by atoms with E-state index < -0.39 is 16.9 Å². The predicted molar refractivity (Wildman–Crippen MR) is 105 cm³/mol. The maximum Gasteiger partial charge on any atom is 0.309 e. The lowest BCUT2D eigenvalue weighted by Crippen LogP contribution is -2.66. The second-order valence-electron chi connectivity index (χ2n) is 10.4. The molecule has 162 valence electrons. The second kappa shape index (κ2) is 6.79. The summed E-state index contributed by atoms with van der Waals surface area (Å²) in [4.78, 5) is 37.3. The third-order valence-electron chi connectivity index (χ3n) is 9.47. The summed E-state index contributed by atoms with van der Waals surface area (Å²) in [5.74, 6) is -0.635. The molecule has 8 unspecified atom stereocenters. The van der Waals surface area contributed by atoms with Crippen LogP contribution in [0, 0.1) is 34.5 Å². The van der Waals surface area contributed by atoms with Crippen molar-refractivity contribution in [3.05, 3.63) is 0 Å². The van der Waals surface area contributed by atoms with Gasteiger partial charge in [0, 0.05) is 13.3 Å². The first-order chi connectivity index (χ1) is 13.6. The quantitative estimate of drug-likeness (QED) is 0.709. The minimum Gasteiger partial charge on any atom is -0.469 e. The van der Waals surface area contributed by atoms with Crippen LogP contribution in [0.15, 0.2) is 0 Å². The molecule has 29 heavy (non-hydrogen) atoms. The van der Waals surface area contributed by atoms with Gasteiger partial charge in [-0.15, -0.1) is 0 Å². The highest BCUT2D eigenvalue weighted by atomic mass is 16.5. The van der Waals surface area contributed by atoms with Crippen molar-refractivity contribution in [2.45, 2.75) is 83.8 Å². The average Bonchev–Trinajstić information content (AvgIpc) is 2.95. The Morgan fingerprint density at radius 2 is 1.79 bits per heavy atom. The van der Waals surface area contributed by atoms with E-state index in [0.717, 1.165) is 32.1 Å². The first-order valence-electron chi connectivity index (χ1n) is 11.1. The van der Waals surface area contributed by atoms with E-state index in [4.69, 9.17) is 9.47 Å². The fraction of sp³-hybridized carbons (Fsp3) is 0.870. The highest BCUT2D eigenvalue weighted by molar-refractivity contribution is 5.93. The van der Waals surface area contributed by atoms with Crippen LogP contribution in [0.1, 0.15) is 72.1 Å². The van der Waals surface area contributed by atoms with Crippen molar-refractivity contribution in [1.82, 2.24) is 0 Å². The van der Waals surface area contributed by atoms with Gasteiger partial charge in [-0.2, -0.15) is 0 Å². The van der Waals surface area contributed by atoms with Crippen LogP contribution in [0.2, 0.25) is 0 Å². The maximum atomic E-state index is 13.5. The van der Waals surface area contributed by atoms with Crippen LogP contribution in [-0.2, 0) is 23.9 Å². The molecule has 0 saturated heterocycles. The molecule has 4 aliphatic rings. The van der Waals surface area contributed by atoms with Gasteiger partial charge in [-0.1, -0.05) is 6.92 Å². The molecule has 6 nitrogen and oxygen atoms in total. The van der Waals surface area contributed by atoms with Crippen molar-refractivity contribution in [2.24, 2.45) is 34.5 Å². The van der Waals surface area contributed by atoms with E-state index in [0.29, 0.717) is 25.2 Å². The van der Waals surface area contributed by atoms with Crippen LogP contribution in [0.4, 0.5) is 0 Å². The summed E-state index contributed by atoms with van der Waals surface area (Å²) in [6.07, 6.45) is 5.73. The van der Waals surface area contributed by atoms with Crippen molar-refractivity contribution < 1.29 is 29.0 Å². The van der Waals surface area contributed by atoms with Crippen molar-refractivity contribution in [2.75, 3.05) is 7.11 Å². The lowest BCUT2D eigenvalue weighted by atomic mass is 9.43. The number of hydrogen-bond donors (Lipinski definition) is 1. The summed E-state index contributed by atoms with van der Waals surface area (Å²) >= 11 is 0. The van der Waals surface area contributed by atoms with Gasteiger partial charge in [-0.3, -0.25) is 14.4 Å². The van der Waals surface area contributed by atoms with E-state index in [1.165, 1.54) is 14.0 Å². The van der Waals surface area contributed by atoms with Crippen LogP contribution in [-0.4, -0.2) is 41.6 Å². The van der Waals surface area contributed by atoms with E-state index in [2.05, 4.69) is 6.92 Å². The molecule has 0 radical (unpaired) electrons. The summed E-state index contributed by atoms with van der Waals surface area (Å²) in [7, 11) is 1.35. The van der Waals surface area contributed by atoms with Gasteiger partial charge >= 0.3 is 11.9 Å². The monoisotopic (exact) mass is 406 g/mol. The Bertz CT molecular complexity index is 733. The number of methoxy groups -OCH3 is 1. The molecule has 8 atom stereocenters. The number of fused-ring (bicyclic) bond motifs is 5. The van der Waals surface area contributed by atoms with E-state index >= 15 is 0 Å². The smallest absolute Gasteiger partial charge is 0.309 e. The number of esters is 2. The molecule has 4 aliphatic carbocycles. The molecule has 0 aliphatic heterocycles. The maximum absolute atomic E-state index is 13.5. The third kappa shape index (κ3) is 2.74. The van der Waals surface area contributed by atoms with Crippen LogP contribution >= 0.6 is 0 Å². The summed E-state index contributed by atoms with van der Waals surface area (Å²) < 4.78 is 10.5. The van der Waals surface area contributed by atoms with Gasteiger partial charge in [0.1, 0.15) is 11.9 Å². The number of aliphatic hydroxyl groups is 1. The molecule has 4 rings (SSSR count). The van der Waals surface area contributed by atoms with Crippen molar-refractivity contribution >= 4 is 17.7 Å². The molecule has 0 bridgehead atoms. The van der Waals surface area contributed by atoms with E-state index in [1.807, 2.05) is 0 Å². The van der Waals surface area contributed by atoms with Crippen molar-refractivity contribution in [3.8, 4) is 0 Å². The highest BCUT2D eigenvalue weighted by Crippen LogP contribution is 2.68. The molecule has 4 fully saturated rings. The second-order valence-corrected chi connectivity index (χ2v) is 10.4. The Balaban J connectivity index is 1.64. The summed E-state index contributed by atoms with van der Waals surface area (Å²) in [5.41, 5.74) is -2.25. The van der Waals surface area contributed by atoms with E-state index in [-0.39, 0.29) is 41.1 Å². The zero-order valence-corrected chi connectivity index (χ0v) is 18.0. The van der Waals surface area contributed by atoms with Crippen LogP contribution in [0.3, 0.4) is 0 Å². The third-order valence-corrected chi connectivity index (χ3v) is 9.47. The molecule has 4 saturated carbocycles. The van der Waals surface area contributed by atoms with Gasteiger partial charge in [0.2, 0.25) is 0 Å².